The van der Waals surface area contributed by atoms with Gasteiger partial charge in [-0.25, -0.2) is 9.78 Å². The number of carbonyl (C=O) groups excluding carboxylic acids is 3. The summed E-state index contributed by atoms with van der Waals surface area (Å²) in [7, 11) is 1.30. The molecule has 0 unspecified atom stereocenters. The minimum absolute atomic E-state index is 0.162. The van der Waals surface area contributed by atoms with Gasteiger partial charge in [0, 0.05) is 16.7 Å². The zero-order valence-corrected chi connectivity index (χ0v) is 17.9. The van der Waals surface area contributed by atoms with Crippen LogP contribution in [0.1, 0.15) is 36.0 Å². The van der Waals surface area contributed by atoms with E-state index in [1.165, 1.54) is 31.4 Å². The molecule has 0 bridgehead atoms. The summed E-state index contributed by atoms with van der Waals surface area (Å²) in [6, 6.07) is 24.4. The molecule has 4 aromatic rings. The van der Waals surface area contributed by atoms with E-state index >= 15 is 0 Å². The number of amides is 1. The third kappa shape index (κ3) is 4.48. The second-order valence-corrected chi connectivity index (χ2v) is 7.78. The summed E-state index contributed by atoms with van der Waals surface area (Å²) in [5, 5.41) is 3.07. The van der Waals surface area contributed by atoms with Gasteiger partial charge in [-0.3, -0.25) is 14.9 Å². The van der Waals surface area contributed by atoms with Crippen molar-refractivity contribution in [3.05, 3.63) is 106 Å². The maximum atomic E-state index is 13.2. The number of ketones is 1. The van der Waals surface area contributed by atoms with Crippen molar-refractivity contribution in [1.82, 2.24) is 4.98 Å². The van der Waals surface area contributed by atoms with Crippen LogP contribution in [0.5, 0.6) is 0 Å². The SMILES string of the molecule is COC(=O)c1ccc(C(=O)Nc2nc(-c3ccccc3)c(C(=O)c3ccccc3)s2)cc1. The number of aromatic nitrogens is 1. The first kappa shape index (κ1) is 21.1. The van der Waals surface area contributed by atoms with Crippen LogP contribution in [0.2, 0.25) is 0 Å². The molecule has 0 spiro atoms. The maximum Gasteiger partial charge on any atom is 0.337 e. The molecule has 0 fully saturated rings. The van der Waals surface area contributed by atoms with Crippen LogP contribution in [-0.2, 0) is 4.74 Å². The number of hydrogen-bond donors (Lipinski definition) is 1. The second kappa shape index (κ2) is 9.36. The molecule has 0 radical (unpaired) electrons. The van der Waals surface area contributed by atoms with E-state index in [0.29, 0.717) is 32.4 Å². The fourth-order valence-corrected chi connectivity index (χ4v) is 4.03. The highest BCUT2D eigenvalue weighted by Gasteiger charge is 2.22. The summed E-state index contributed by atoms with van der Waals surface area (Å²) in [5.41, 5.74) is 2.54. The van der Waals surface area contributed by atoms with Crippen LogP contribution in [0.4, 0.5) is 5.13 Å². The first-order valence-electron chi connectivity index (χ1n) is 9.72. The average molecular weight is 442 g/mol. The highest BCUT2D eigenvalue weighted by Crippen LogP contribution is 2.33. The molecule has 0 saturated carbocycles. The van der Waals surface area contributed by atoms with E-state index in [1.807, 2.05) is 36.4 Å². The Bertz CT molecular complexity index is 1270. The first-order chi connectivity index (χ1) is 15.6. The number of ether oxygens (including phenoxy) is 1. The Morgan fingerprint density at radius 3 is 2.00 bits per heavy atom. The molecular formula is C25H18N2O4S. The fraction of sp³-hybridized carbons (Fsp3) is 0.0400. The molecule has 1 amide bonds. The van der Waals surface area contributed by atoms with E-state index in [1.54, 1.807) is 24.3 Å². The van der Waals surface area contributed by atoms with Gasteiger partial charge in [0.25, 0.3) is 5.91 Å². The van der Waals surface area contributed by atoms with Gasteiger partial charge < -0.3 is 4.74 Å². The summed E-state index contributed by atoms with van der Waals surface area (Å²) >= 11 is 1.13. The van der Waals surface area contributed by atoms with Crippen molar-refractivity contribution < 1.29 is 19.1 Å². The Hall–Kier alpha value is -4.10. The summed E-state index contributed by atoms with van der Waals surface area (Å²) in [6.07, 6.45) is 0. The van der Waals surface area contributed by atoms with E-state index < -0.39 is 11.9 Å². The lowest BCUT2D eigenvalue weighted by Crippen LogP contribution is -2.12. The van der Waals surface area contributed by atoms with Crippen molar-refractivity contribution in [2.45, 2.75) is 0 Å². The molecular weight excluding hydrogens is 424 g/mol. The molecule has 1 aromatic heterocycles. The number of benzene rings is 3. The molecule has 1 N–H and O–H groups in total. The predicted molar refractivity (Wildman–Crippen MR) is 123 cm³/mol. The minimum Gasteiger partial charge on any atom is -0.465 e. The van der Waals surface area contributed by atoms with Gasteiger partial charge in [0.05, 0.1) is 18.4 Å². The fourth-order valence-electron chi connectivity index (χ4n) is 3.08. The van der Waals surface area contributed by atoms with E-state index in [2.05, 4.69) is 15.0 Å². The Morgan fingerprint density at radius 1 is 0.781 bits per heavy atom. The molecule has 3 aromatic carbocycles. The number of hydrogen-bond acceptors (Lipinski definition) is 6. The maximum absolute atomic E-state index is 13.2. The van der Waals surface area contributed by atoms with Crippen molar-refractivity contribution in [1.29, 1.82) is 0 Å². The normalized spacial score (nSPS) is 10.4. The van der Waals surface area contributed by atoms with E-state index in [9.17, 15) is 14.4 Å². The highest BCUT2D eigenvalue weighted by molar-refractivity contribution is 7.18. The van der Waals surface area contributed by atoms with Gasteiger partial charge in [0.1, 0.15) is 4.88 Å². The number of nitrogens with one attached hydrogen (secondary N) is 1. The molecule has 0 aliphatic carbocycles. The molecule has 0 atom stereocenters. The Labute approximate surface area is 188 Å². The van der Waals surface area contributed by atoms with E-state index in [-0.39, 0.29) is 5.78 Å². The lowest BCUT2D eigenvalue weighted by Gasteiger charge is -2.03. The molecule has 1 heterocycles. The van der Waals surface area contributed by atoms with Crippen LogP contribution in [-0.4, -0.2) is 29.8 Å². The molecule has 4 rings (SSSR count). The summed E-state index contributed by atoms with van der Waals surface area (Å²) < 4.78 is 4.67. The lowest BCUT2D eigenvalue weighted by atomic mass is 10.1. The summed E-state index contributed by atoms with van der Waals surface area (Å²) in [6.45, 7) is 0. The van der Waals surface area contributed by atoms with Crippen LogP contribution < -0.4 is 5.32 Å². The molecule has 0 aliphatic rings. The van der Waals surface area contributed by atoms with Crippen LogP contribution in [0.25, 0.3) is 11.3 Å². The third-order valence-electron chi connectivity index (χ3n) is 4.71. The Morgan fingerprint density at radius 2 is 1.38 bits per heavy atom. The molecule has 158 valence electrons. The average Bonchev–Trinajstić information content (AvgIpc) is 3.28. The Balaban J connectivity index is 1.65. The zero-order valence-electron chi connectivity index (χ0n) is 17.1. The number of methoxy groups -OCH3 is 1. The topological polar surface area (TPSA) is 85.4 Å². The van der Waals surface area contributed by atoms with Gasteiger partial charge in [-0.2, -0.15) is 0 Å². The van der Waals surface area contributed by atoms with E-state index in [4.69, 9.17) is 0 Å². The van der Waals surface area contributed by atoms with Gasteiger partial charge >= 0.3 is 5.97 Å². The smallest absolute Gasteiger partial charge is 0.337 e. The first-order valence-corrected chi connectivity index (χ1v) is 10.5. The summed E-state index contributed by atoms with van der Waals surface area (Å²) in [4.78, 5) is 42.4. The van der Waals surface area contributed by atoms with Crippen molar-refractivity contribution in [2.24, 2.45) is 0 Å². The van der Waals surface area contributed by atoms with Crippen molar-refractivity contribution in [3.63, 3.8) is 0 Å². The molecule has 7 heteroatoms. The van der Waals surface area contributed by atoms with Crippen LogP contribution >= 0.6 is 11.3 Å². The van der Waals surface area contributed by atoms with Crippen LogP contribution in [0, 0.1) is 0 Å². The number of thiazole rings is 1. The van der Waals surface area contributed by atoms with Gasteiger partial charge in [-0.05, 0) is 24.3 Å². The monoisotopic (exact) mass is 442 g/mol. The van der Waals surface area contributed by atoms with E-state index in [0.717, 1.165) is 16.9 Å². The van der Waals surface area contributed by atoms with Crippen molar-refractivity contribution >= 4 is 34.1 Å². The van der Waals surface area contributed by atoms with Crippen molar-refractivity contribution in [3.8, 4) is 11.3 Å². The molecule has 6 nitrogen and oxygen atoms in total. The lowest BCUT2D eigenvalue weighted by molar-refractivity contribution is 0.0600. The predicted octanol–water partition coefficient (Wildman–Crippen LogP) is 5.08. The Kier molecular flexibility index (Phi) is 6.19. The molecule has 32 heavy (non-hydrogen) atoms. The molecule has 0 saturated heterocycles. The summed E-state index contributed by atoms with van der Waals surface area (Å²) in [5.74, 6) is -1.04. The quantitative estimate of drug-likeness (QED) is 0.332. The van der Waals surface area contributed by atoms with Crippen molar-refractivity contribution in [2.75, 3.05) is 12.4 Å². The second-order valence-electron chi connectivity index (χ2n) is 6.78. The molecule has 0 aliphatic heterocycles. The number of esters is 1. The number of carbonyl (C=O) groups is 3. The number of rotatable bonds is 6. The minimum atomic E-state index is -0.478. The number of anilines is 1. The zero-order chi connectivity index (χ0) is 22.5. The standard InChI is InChI=1S/C25H18N2O4S/c1-31-24(30)19-14-12-18(13-15-19)23(29)27-25-26-20(16-8-4-2-5-9-16)22(32-25)21(28)17-10-6-3-7-11-17/h2-15H,1H3,(H,26,27,29). The van der Waals surface area contributed by atoms with Gasteiger partial charge in [0.15, 0.2) is 5.13 Å². The van der Waals surface area contributed by atoms with Crippen LogP contribution in [0.15, 0.2) is 84.9 Å². The largest absolute Gasteiger partial charge is 0.465 e. The third-order valence-corrected chi connectivity index (χ3v) is 5.67. The highest BCUT2D eigenvalue weighted by atomic mass is 32.1. The van der Waals surface area contributed by atoms with Gasteiger partial charge in [-0.15, -0.1) is 0 Å². The van der Waals surface area contributed by atoms with Gasteiger partial charge in [-0.1, -0.05) is 72.0 Å². The van der Waals surface area contributed by atoms with Gasteiger partial charge in [0.2, 0.25) is 5.78 Å². The number of nitrogens with zero attached hydrogens (tertiary/aromatic N) is 1. The van der Waals surface area contributed by atoms with Crippen LogP contribution in [0.3, 0.4) is 0 Å².